The van der Waals surface area contributed by atoms with Crippen LogP contribution in [0, 0.1) is 0 Å². The van der Waals surface area contributed by atoms with Crippen molar-refractivity contribution in [1.29, 1.82) is 0 Å². The van der Waals surface area contributed by atoms with Gasteiger partial charge >= 0.3 is 0 Å². The summed E-state index contributed by atoms with van der Waals surface area (Å²) in [5.41, 5.74) is 2.79. The Hall–Kier alpha value is -2.24. The van der Waals surface area contributed by atoms with Crippen LogP contribution < -0.4 is 5.32 Å². The number of ether oxygens (including phenoxy) is 1. The number of carbonyl (C=O) groups excluding carboxylic acids is 1. The Balaban J connectivity index is 1.59. The molecular weight excluding hydrogens is 308 g/mol. The van der Waals surface area contributed by atoms with Crippen molar-refractivity contribution in [1.82, 2.24) is 4.98 Å². The topological polar surface area (TPSA) is 51.2 Å². The zero-order valence-corrected chi connectivity index (χ0v) is 13.3. The van der Waals surface area contributed by atoms with E-state index in [4.69, 9.17) is 4.74 Å². The number of hydrogen-bond acceptors (Lipinski definition) is 4. The van der Waals surface area contributed by atoms with Gasteiger partial charge in [-0.15, -0.1) is 11.3 Å². The van der Waals surface area contributed by atoms with Gasteiger partial charge in [-0.05, 0) is 37.1 Å². The maximum atomic E-state index is 12.2. The van der Waals surface area contributed by atoms with Crippen molar-refractivity contribution in [3.8, 4) is 10.6 Å². The summed E-state index contributed by atoms with van der Waals surface area (Å²) in [6, 6.07) is 15.9. The Morgan fingerprint density at radius 2 is 2.13 bits per heavy atom. The van der Waals surface area contributed by atoms with Crippen LogP contribution in [0.4, 0.5) is 5.69 Å². The fraction of sp³-hybridized carbons (Fsp3) is 0.222. The Morgan fingerprint density at radius 1 is 1.22 bits per heavy atom. The molecule has 1 aliphatic rings. The minimum Gasteiger partial charge on any atom is -0.368 e. The first-order valence-corrected chi connectivity index (χ1v) is 8.50. The third kappa shape index (κ3) is 2.98. The van der Waals surface area contributed by atoms with Crippen molar-refractivity contribution in [3.63, 3.8) is 0 Å². The van der Waals surface area contributed by atoms with Crippen LogP contribution in [0.3, 0.4) is 0 Å². The number of nitrogens with zero attached hydrogens (tertiary/aromatic N) is 1. The second-order valence-electron chi connectivity index (χ2n) is 5.56. The molecule has 4 rings (SSSR count). The average molecular weight is 324 g/mol. The average Bonchev–Trinajstić information content (AvgIpc) is 3.24. The quantitative estimate of drug-likeness (QED) is 0.790. The van der Waals surface area contributed by atoms with Gasteiger partial charge in [-0.25, -0.2) is 4.98 Å². The zero-order valence-electron chi connectivity index (χ0n) is 12.5. The number of anilines is 1. The van der Waals surface area contributed by atoms with E-state index in [1.165, 1.54) is 0 Å². The maximum Gasteiger partial charge on any atom is 0.253 e. The van der Waals surface area contributed by atoms with Gasteiger partial charge in [-0.2, -0.15) is 0 Å². The molecule has 1 unspecified atom stereocenters. The van der Waals surface area contributed by atoms with Gasteiger partial charge in [0.15, 0.2) is 0 Å². The van der Waals surface area contributed by atoms with Crippen molar-refractivity contribution < 1.29 is 9.53 Å². The van der Waals surface area contributed by atoms with E-state index in [1.807, 2.05) is 42.5 Å². The van der Waals surface area contributed by atoms with Crippen LogP contribution in [-0.2, 0) is 9.53 Å². The number of para-hydroxylation sites is 1. The second-order valence-corrected chi connectivity index (χ2v) is 6.59. The molecule has 0 saturated carbocycles. The van der Waals surface area contributed by atoms with Crippen LogP contribution in [0.5, 0.6) is 0 Å². The summed E-state index contributed by atoms with van der Waals surface area (Å²) in [6.45, 7) is 0.670. The minimum atomic E-state index is -0.318. The van der Waals surface area contributed by atoms with Crippen molar-refractivity contribution in [2.24, 2.45) is 0 Å². The highest BCUT2D eigenvalue weighted by atomic mass is 32.1. The number of fused-ring (bicyclic) bond motifs is 1. The SMILES string of the molecule is O=C(Nc1cccc(-c2nc3ccccc3s2)c1)C1CCCO1. The van der Waals surface area contributed by atoms with Gasteiger partial charge in [-0.1, -0.05) is 24.3 Å². The molecule has 2 heterocycles. The van der Waals surface area contributed by atoms with Gasteiger partial charge in [0, 0.05) is 17.9 Å². The predicted octanol–water partition coefficient (Wildman–Crippen LogP) is 4.08. The second kappa shape index (κ2) is 6.10. The largest absolute Gasteiger partial charge is 0.368 e. The lowest BCUT2D eigenvalue weighted by Crippen LogP contribution is -2.26. The van der Waals surface area contributed by atoms with Gasteiger partial charge in [-0.3, -0.25) is 4.79 Å². The Kier molecular flexibility index (Phi) is 3.81. The van der Waals surface area contributed by atoms with Gasteiger partial charge in [0.05, 0.1) is 10.2 Å². The van der Waals surface area contributed by atoms with Gasteiger partial charge in [0.1, 0.15) is 11.1 Å². The first-order valence-electron chi connectivity index (χ1n) is 7.68. The van der Waals surface area contributed by atoms with E-state index < -0.39 is 0 Å². The molecule has 1 N–H and O–H groups in total. The molecule has 1 atom stereocenters. The van der Waals surface area contributed by atoms with Crippen LogP contribution in [0.1, 0.15) is 12.8 Å². The molecule has 1 saturated heterocycles. The van der Waals surface area contributed by atoms with E-state index in [0.717, 1.165) is 39.3 Å². The molecule has 5 heteroatoms. The summed E-state index contributed by atoms with van der Waals surface area (Å²) in [7, 11) is 0. The van der Waals surface area contributed by atoms with Crippen LogP contribution in [0.25, 0.3) is 20.8 Å². The molecule has 1 aromatic heterocycles. The van der Waals surface area contributed by atoms with E-state index in [0.29, 0.717) is 6.61 Å². The van der Waals surface area contributed by atoms with Gasteiger partial charge in [0.2, 0.25) is 0 Å². The Labute approximate surface area is 138 Å². The molecule has 116 valence electrons. The summed E-state index contributed by atoms with van der Waals surface area (Å²) in [4.78, 5) is 16.8. The molecule has 0 spiro atoms. The summed E-state index contributed by atoms with van der Waals surface area (Å²) < 4.78 is 6.58. The number of hydrogen-bond donors (Lipinski definition) is 1. The standard InChI is InChI=1S/C18H16N2O2S/c21-17(15-8-4-10-22-15)19-13-6-3-5-12(11-13)18-20-14-7-1-2-9-16(14)23-18/h1-3,5-7,9,11,15H,4,8,10H2,(H,19,21). The third-order valence-electron chi connectivity index (χ3n) is 3.89. The van der Waals surface area contributed by atoms with E-state index in [9.17, 15) is 4.79 Å². The summed E-state index contributed by atoms with van der Waals surface area (Å²) in [6.07, 6.45) is 1.42. The molecule has 1 amide bonds. The molecular formula is C18H16N2O2S. The number of aromatic nitrogens is 1. The highest BCUT2D eigenvalue weighted by Gasteiger charge is 2.23. The number of amides is 1. The first-order chi connectivity index (χ1) is 11.3. The molecule has 1 fully saturated rings. The first kappa shape index (κ1) is 14.4. The van der Waals surface area contributed by atoms with Crippen LogP contribution in [0.2, 0.25) is 0 Å². The fourth-order valence-electron chi connectivity index (χ4n) is 2.73. The molecule has 2 aromatic carbocycles. The number of benzene rings is 2. The highest BCUT2D eigenvalue weighted by Crippen LogP contribution is 2.31. The predicted molar refractivity (Wildman–Crippen MR) is 92.7 cm³/mol. The third-order valence-corrected chi connectivity index (χ3v) is 4.98. The van der Waals surface area contributed by atoms with Crippen molar-refractivity contribution in [3.05, 3.63) is 48.5 Å². The number of nitrogens with one attached hydrogen (secondary N) is 1. The van der Waals surface area contributed by atoms with E-state index in [1.54, 1.807) is 11.3 Å². The number of rotatable bonds is 3. The normalized spacial score (nSPS) is 17.5. The minimum absolute atomic E-state index is 0.0658. The fourth-order valence-corrected chi connectivity index (χ4v) is 3.69. The van der Waals surface area contributed by atoms with E-state index >= 15 is 0 Å². The lowest BCUT2D eigenvalue weighted by Gasteiger charge is -2.10. The smallest absolute Gasteiger partial charge is 0.253 e. The number of carbonyl (C=O) groups is 1. The number of thiazole rings is 1. The molecule has 0 aliphatic carbocycles. The van der Waals surface area contributed by atoms with E-state index in [-0.39, 0.29) is 12.0 Å². The molecule has 4 nitrogen and oxygen atoms in total. The zero-order chi connectivity index (χ0) is 15.6. The summed E-state index contributed by atoms with van der Waals surface area (Å²) in [5.74, 6) is -0.0658. The Bertz CT molecular complexity index is 820. The summed E-state index contributed by atoms with van der Waals surface area (Å²) >= 11 is 1.65. The molecule has 0 radical (unpaired) electrons. The van der Waals surface area contributed by atoms with E-state index in [2.05, 4.69) is 16.4 Å². The highest BCUT2D eigenvalue weighted by molar-refractivity contribution is 7.21. The van der Waals surface area contributed by atoms with Crippen molar-refractivity contribution in [2.75, 3.05) is 11.9 Å². The summed E-state index contributed by atoms with van der Waals surface area (Å²) in [5, 5.41) is 3.90. The Morgan fingerprint density at radius 3 is 2.96 bits per heavy atom. The molecule has 23 heavy (non-hydrogen) atoms. The lowest BCUT2D eigenvalue weighted by atomic mass is 10.2. The molecule has 3 aromatic rings. The molecule has 1 aliphatic heterocycles. The van der Waals surface area contributed by atoms with Crippen molar-refractivity contribution >= 4 is 33.1 Å². The van der Waals surface area contributed by atoms with Gasteiger partial charge in [0.25, 0.3) is 5.91 Å². The lowest BCUT2D eigenvalue weighted by molar-refractivity contribution is -0.124. The monoisotopic (exact) mass is 324 g/mol. The van der Waals surface area contributed by atoms with Crippen LogP contribution >= 0.6 is 11.3 Å². The van der Waals surface area contributed by atoms with Gasteiger partial charge < -0.3 is 10.1 Å². The molecule has 0 bridgehead atoms. The van der Waals surface area contributed by atoms with Crippen LogP contribution in [0.15, 0.2) is 48.5 Å². The van der Waals surface area contributed by atoms with Crippen molar-refractivity contribution in [2.45, 2.75) is 18.9 Å². The van der Waals surface area contributed by atoms with Crippen LogP contribution in [-0.4, -0.2) is 23.6 Å². The maximum absolute atomic E-state index is 12.2.